The molecule has 17 nitrogen and oxygen atoms in total. The summed E-state index contributed by atoms with van der Waals surface area (Å²) < 4.78 is 34.3. The normalized spacial score (nSPS) is 13.5. The third-order valence-corrected chi connectivity index (χ3v) is 14.5. The van der Waals surface area contributed by atoms with Crippen molar-refractivity contribution in [3.05, 3.63) is 226 Å². The number of hydrogen-bond donors (Lipinski definition) is 5. The molecule has 3 atom stereocenters. The van der Waals surface area contributed by atoms with E-state index in [9.17, 15) is 33.9 Å². The highest BCUT2D eigenvalue weighted by Gasteiger charge is 2.37. The molecular weight excluding hydrogens is 1050 g/mol. The summed E-state index contributed by atoms with van der Waals surface area (Å²) in [6.07, 6.45) is 1.12. The highest BCUT2D eigenvalue weighted by atomic mass is 19.1. The third kappa shape index (κ3) is 14.5. The van der Waals surface area contributed by atoms with Gasteiger partial charge in [0.2, 0.25) is 17.2 Å². The number of alkyl carbamates (subject to hydrolysis) is 1. The van der Waals surface area contributed by atoms with Crippen LogP contribution in [0.4, 0.5) is 19.7 Å². The lowest BCUT2D eigenvalue weighted by atomic mass is 9.77. The molecule has 0 aliphatic carbocycles. The van der Waals surface area contributed by atoms with Gasteiger partial charge in [0.25, 0.3) is 0 Å². The van der Waals surface area contributed by atoms with Gasteiger partial charge in [-0.05, 0) is 84.8 Å². The number of fused-ring (bicyclic) bond motifs is 1. The van der Waals surface area contributed by atoms with Crippen LogP contribution >= 0.6 is 0 Å². The minimum Gasteiger partial charge on any atom is -0.497 e. The van der Waals surface area contributed by atoms with Crippen molar-refractivity contribution < 1.29 is 47.7 Å². The summed E-state index contributed by atoms with van der Waals surface area (Å²) in [5, 5.41) is 21.9. The molecule has 18 heteroatoms. The first kappa shape index (κ1) is 58.8. The zero-order valence-corrected chi connectivity index (χ0v) is 45.9. The summed E-state index contributed by atoms with van der Waals surface area (Å²) in [5.41, 5.74) is 2.97. The number of piperazine rings is 1. The molecule has 426 valence electrons. The van der Waals surface area contributed by atoms with Gasteiger partial charge >= 0.3 is 18.2 Å². The molecule has 0 radical (unpaired) electrons. The number of halogens is 1. The zero-order valence-electron chi connectivity index (χ0n) is 45.9. The Kier molecular flexibility index (Phi) is 20.3. The Morgan fingerprint density at radius 1 is 0.732 bits per heavy atom. The summed E-state index contributed by atoms with van der Waals surface area (Å²) in [7, 11) is 1.62. The predicted molar refractivity (Wildman–Crippen MR) is 311 cm³/mol. The van der Waals surface area contributed by atoms with E-state index < -0.39 is 70.6 Å². The number of ether oxygens (including phenoxy) is 3. The van der Waals surface area contributed by atoms with Crippen LogP contribution in [0.3, 0.4) is 0 Å². The molecule has 1 aromatic heterocycles. The lowest BCUT2D eigenvalue weighted by Crippen LogP contribution is -2.56. The minimum atomic E-state index is -1.41. The average Bonchev–Trinajstić information content (AvgIpc) is 3.61. The van der Waals surface area contributed by atoms with Crippen molar-refractivity contribution in [3.8, 4) is 5.75 Å². The molecule has 1 aliphatic rings. The number of hydrogen-bond acceptors (Lipinski definition) is 11. The fourth-order valence-corrected chi connectivity index (χ4v) is 10.2. The number of pyridine rings is 1. The molecule has 0 bridgehead atoms. The summed E-state index contributed by atoms with van der Waals surface area (Å²) >= 11 is 0. The largest absolute Gasteiger partial charge is 0.497 e. The molecule has 0 saturated carbocycles. The third-order valence-electron chi connectivity index (χ3n) is 14.5. The Morgan fingerprint density at radius 2 is 1.32 bits per heavy atom. The van der Waals surface area contributed by atoms with Gasteiger partial charge in [-0.1, -0.05) is 140 Å². The van der Waals surface area contributed by atoms with Crippen molar-refractivity contribution in [1.82, 2.24) is 30.7 Å². The monoisotopic (exact) mass is 1110 g/mol. The van der Waals surface area contributed by atoms with Crippen LogP contribution in [0.5, 0.6) is 5.75 Å². The number of aromatic nitrogens is 1. The molecule has 0 spiro atoms. The van der Waals surface area contributed by atoms with Crippen LogP contribution in [0, 0.1) is 5.82 Å². The lowest BCUT2D eigenvalue weighted by molar-refractivity contribution is -0.132. The van der Waals surface area contributed by atoms with Crippen molar-refractivity contribution in [2.75, 3.05) is 44.7 Å². The Morgan fingerprint density at radius 3 is 1.90 bits per heavy atom. The quantitative estimate of drug-likeness (QED) is 0.0157. The molecule has 1 aliphatic heterocycles. The maximum Gasteiger partial charge on any atom is 0.411 e. The zero-order chi connectivity index (χ0) is 58.0. The first-order chi connectivity index (χ1) is 39.8. The van der Waals surface area contributed by atoms with Crippen LogP contribution in [-0.4, -0.2) is 103 Å². The maximum absolute atomic E-state index is 15.7. The Labute approximate surface area is 475 Å². The number of methoxy groups -OCH3 is 1. The number of carboxylic acid groups (broad SMARTS) is 1. The van der Waals surface area contributed by atoms with Crippen molar-refractivity contribution >= 4 is 46.6 Å². The highest BCUT2D eigenvalue weighted by Crippen LogP contribution is 2.38. The molecule has 7 aromatic rings. The molecule has 1 saturated heterocycles. The first-order valence-electron chi connectivity index (χ1n) is 27.4. The second kappa shape index (κ2) is 28.2. The van der Waals surface area contributed by atoms with E-state index in [1.54, 1.807) is 23.5 Å². The fraction of sp³-hybridized carbons (Fsp3) is 0.281. The highest BCUT2D eigenvalue weighted by molar-refractivity contribution is 5.94. The number of carboxylic acids is 1. The number of unbranched alkanes of at least 4 members (excludes halogenated alkanes) is 1. The molecule has 4 amide bonds. The molecule has 82 heavy (non-hydrogen) atoms. The van der Waals surface area contributed by atoms with E-state index in [0.29, 0.717) is 37.2 Å². The molecule has 8 rings (SSSR count). The van der Waals surface area contributed by atoms with Gasteiger partial charge in [-0.3, -0.25) is 19.7 Å². The molecule has 5 N–H and O–H groups in total. The predicted octanol–water partition coefficient (Wildman–Crippen LogP) is 8.92. The van der Waals surface area contributed by atoms with Crippen LogP contribution in [0.15, 0.2) is 181 Å². The minimum absolute atomic E-state index is 0.00487. The summed E-state index contributed by atoms with van der Waals surface area (Å²) in [6.45, 7) is 6.93. The number of nitrogens with one attached hydrogen (secondary N) is 4. The van der Waals surface area contributed by atoms with E-state index in [2.05, 4.69) is 52.1 Å². The summed E-state index contributed by atoms with van der Waals surface area (Å²) in [4.78, 5) is 84.4. The number of anilines is 1. The van der Waals surface area contributed by atoms with Gasteiger partial charge in [-0.25, -0.2) is 18.8 Å². The van der Waals surface area contributed by atoms with Crippen LogP contribution in [0.25, 0.3) is 10.9 Å². The van der Waals surface area contributed by atoms with Crippen molar-refractivity contribution in [1.29, 1.82) is 0 Å². The summed E-state index contributed by atoms with van der Waals surface area (Å²) in [5.74, 6) is -2.71. The number of carbonyl (C=O) groups excluding carboxylic acids is 4. The van der Waals surface area contributed by atoms with Gasteiger partial charge in [-0.15, -0.1) is 6.58 Å². The topological polar surface area (TPSA) is 210 Å². The van der Waals surface area contributed by atoms with Gasteiger partial charge in [0, 0.05) is 57.1 Å². The van der Waals surface area contributed by atoms with E-state index in [-0.39, 0.29) is 63.1 Å². The number of benzene rings is 6. The average molecular weight is 1110 g/mol. The van der Waals surface area contributed by atoms with Crippen LogP contribution in [0.1, 0.15) is 70.8 Å². The van der Waals surface area contributed by atoms with Crippen LogP contribution in [-0.2, 0) is 44.2 Å². The Hall–Kier alpha value is -9.29. The summed E-state index contributed by atoms with van der Waals surface area (Å²) in [6, 6.07) is 46.6. The second-order valence-corrected chi connectivity index (χ2v) is 19.8. The molecule has 2 heterocycles. The van der Waals surface area contributed by atoms with Gasteiger partial charge < -0.3 is 49.6 Å². The first-order valence-corrected chi connectivity index (χ1v) is 27.4. The molecule has 6 aromatic carbocycles. The van der Waals surface area contributed by atoms with Crippen molar-refractivity contribution in [2.45, 2.75) is 76.0 Å². The van der Waals surface area contributed by atoms with Gasteiger partial charge in [-0.2, -0.15) is 0 Å². The number of nitrogens with zero attached hydrogens (tertiary/aromatic N) is 3. The number of amides is 4. The van der Waals surface area contributed by atoms with Gasteiger partial charge in [0.1, 0.15) is 35.8 Å². The van der Waals surface area contributed by atoms with Crippen LogP contribution < -0.4 is 36.3 Å². The number of aryl methyl sites for hydroxylation is 1. The number of carbonyl (C=O) groups is 5. The Bertz CT molecular complexity index is 3320. The van der Waals surface area contributed by atoms with E-state index in [1.807, 2.05) is 121 Å². The molecule has 1 fully saturated rings. The van der Waals surface area contributed by atoms with Gasteiger partial charge in [0.05, 0.1) is 23.9 Å². The SMILES string of the molecule is C=CCC(NC(=O)[C@H](CCCCNC(c1ccccc1)(c1ccccc1)c1ccc(OC)cc1)NC(=O)[C@H](Cc1ccccc1)NC(=O)OCc1ccccc1)OC(=O)N1CCN(c2cc3c(cc2F)c(=O)c(C(=O)O)cn3CC)CC1. The van der Waals surface area contributed by atoms with Crippen LogP contribution in [0.2, 0.25) is 0 Å². The van der Waals surface area contributed by atoms with Crippen molar-refractivity contribution in [2.24, 2.45) is 0 Å². The van der Waals surface area contributed by atoms with Gasteiger partial charge in [0.15, 0.2) is 6.23 Å². The molecular formula is C64H68FN7O10. The number of rotatable bonds is 25. The standard InChI is InChI=1S/C64H68FN7O10/c1-4-20-57(82-63(79)72-37-35-71(36-38-72)56-41-55-50(40-52(56)65)58(73)51(61(76)77)42-70(55)5-2)69-59(74)53(67-60(75)54(39-44-21-10-6-11-22-44)68-62(78)81-43-45-23-12-7-13-24-45)29-18-19-34-66-64(46-25-14-8-15-26-46,47-27-16-9-17-28-47)48-30-32-49(80-3)33-31-48/h4,6-17,21-28,30-33,40-42,53-54,57,66H,1,5,18-20,29,34-39,43H2,2-3H3,(H,67,75)(H,68,78)(H,69,74)(H,76,77)/t53-,54-,57?/m0/s1. The van der Waals surface area contributed by atoms with E-state index in [0.717, 1.165) is 33.9 Å². The maximum atomic E-state index is 15.7. The van der Waals surface area contributed by atoms with E-state index >= 15 is 4.39 Å². The second-order valence-electron chi connectivity index (χ2n) is 19.8. The van der Waals surface area contributed by atoms with Crippen molar-refractivity contribution in [3.63, 3.8) is 0 Å². The Balaban J connectivity index is 0.990. The van der Waals surface area contributed by atoms with E-state index in [1.165, 1.54) is 23.2 Å². The lowest BCUT2D eigenvalue weighted by Gasteiger charge is -2.37. The smallest absolute Gasteiger partial charge is 0.411 e. The number of aromatic carboxylic acids is 1. The van der Waals surface area contributed by atoms with E-state index in [4.69, 9.17) is 14.2 Å². The molecule has 1 unspecified atom stereocenters. The fourth-order valence-electron chi connectivity index (χ4n) is 10.2.